The first-order valence-electron chi connectivity index (χ1n) is 12.2. The average Bonchev–Trinajstić information content (AvgIpc) is 3.00. The van der Waals surface area contributed by atoms with Gasteiger partial charge < -0.3 is 15.0 Å². The van der Waals surface area contributed by atoms with Gasteiger partial charge in [0, 0.05) is 42.3 Å². The molecule has 7 nitrogen and oxygen atoms in total. The number of methoxy groups -OCH3 is 1. The first kappa shape index (κ1) is 29.0. The lowest BCUT2D eigenvalue weighted by Gasteiger charge is -2.29. The van der Waals surface area contributed by atoms with Gasteiger partial charge in [-0.05, 0) is 37.6 Å². The van der Waals surface area contributed by atoms with Crippen molar-refractivity contribution in [2.45, 2.75) is 32.5 Å². The number of hydrogen-bond donors (Lipinski definition) is 1. The van der Waals surface area contributed by atoms with Crippen LogP contribution in [0.4, 0.5) is 10.2 Å². The minimum Gasteiger partial charge on any atom is -0.383 e. The van der Waals surface area contributed by atoms with Crippen molar-refractivity contribution >= 4 is 58.0 Å². The number of carbonyl (C=O) groups excluding carboxylic acids is 2. The monoisotopic (exact) mass is 590 g/mol. The highest BCUT2D eigenvalue weighted by atomic mass is 35.5. The molecule has 1 aliphatic heterocycles. The summed E-state index contributed by atoms with van der Waals surface area (Å²) >= 11 is 19.2. The Labute approximate surface area is 240 Å². The van der Waals surface area contributed by atoms with E-state index >= 15 is 0 Å². The molecule has 1 amide bonds. The SMILES string of the molecule is COCCN(c1ncc(F)cc1C(=O)NC1N=C(c2c(Cl)cc(Cl)cc2Cl)c2ccccc2CC1=O)C(C)C. The van der Waals surface area contributed by atoms with Crippen LogP contribution in [0.5, 0.6) is 0 Å². The maximum absolute atomic E-state index is 14.3. The van der Waals surface area contributed by atoms with Crippen LogP contribution < -0.4 is 10.2 Å². The molecule has 0 spiro atoms. The summed E-state index contributed by atoms with van der Waals surface area (Å²) in [6, 6.07) is 11.3. The summed E-state index contributed by atoms with van der Waals surface area (Å²) in [6.07, 6.45) is -0.259. The fourth-order valence-corrected chi connectivity index (χ4v) is 5.37. The van der Waals surface area contributed by atoms with Crippen molar-refractivity contribution in [1.82, 2.24) is 10.3 Å². The fourth-order valence-electron chi connectivity index (χ4n) is 4.37. The van der Waals surface area contributed by atoms with Gasteiger partial charge in [0.2, 0.25) is 0 Å². The van der Waals surface area contributed by atoms with Gasteiger partial charge in [-0.1, -0.05) is 59.1 Å². The zero-order chi connectivity index (χ0) is 28.3. The van der Waals surface area contributed by atoms with Crippen LogP contribution in [-0.4, -0.2) is 54.9 Å². The van der Waals surface area contributed by atoms with Gasteiger partial charge in [-0.25, -0.2) is 9.37 Å². The van der Waals surface area contributed by atoms with E-state index in [9.17, 15) is 14.0 Å². The van der Waals surface area contributed by atoms with E-state index in [2.05, 4.69) is 15.3 Å². The number of hydrogen-bond acceptors (Lipinski definition) is 6. The number of halogens is 4. The molecule has 0 saturated carbocycles. The molecule has 3 aromatic rings. The van der Waals surface area contributed by atoms with E-state index < -0.39 is 17.9 Å². The molecule has 1 aromatic heterocycles. The number of Topliss-reactive ketones (excluding diaryl/α,β-unsaturated/α-hetero) is 1. The molecular weight excluding hydrogens is 566 g/mol. The number of fused-ring (bicyclic) bond motifs is 1. The van der Waals surface area contributed by atoms with Crippen LogP contribution in [0.25, 0.3) is 0 Å². The highest BCUT2D eigenvalue weighted by Crippen LogP contribution is 2.33. The average molecular weight is 592 g/mol. The Kier molecular flexibility index (Phi) is 9.23. The molecule has 1 N–H and O–H groups in total. The van der Waals surface area contributed by atoms with Gasteiger partial charge in [0.05, 0.1) is 34.1 Å². The third-order valence-corrected chi connectivity index (χ3v) is 7.04. The molecule has 4 rings (SSSR count). The highest BCUT2D eigenvalue weighted by Gasteiger charge is 2.31. The lowest BCUT2D eigenvalue weighted by atomic mass is 9.96. The Balaban J connectivity index is 1.78. The number of aromatic nitrogens is 1. The number of amides is 1. The first-order valence-corrected chi connectivity index (χ1v) is 13.3. The van der Waals surface area contributed by atoms with Crippen molar-refractivity contribution in [2.24, 2.45) is 4.99 Å². The number of carbonyl (C=O) groups is 2. The van der Waals surface area contributed by atoms with Gasteiger partial charge in [0.1, 0.15) is 11.6 Å². The second-order valence-electron chi connectivity index (χ2n) is 9.20. The molecule has 1 unspecified atom stereocenters. The number of aliphatic imine (C=N–C) groups is 1. The van der Waals surface area contributed by atoms with Crippen molar-refractivity contribution in [1.29, 1.82) is 0 Å². The summed E-state index contributed by atoms with van der Waals surface area (Å²) < 4.78 is 19.5. The molecule has 0 radical (unpaired) electrons. The maximum Gasteiger partial charge on any atom is 0.257 e. The van der Waals surface area contributed by atoms with Gasteiger partial charge in [0.15, 0.2) is 11.9 Å². The number of anilines is 1. The van der Waals surface area contributed by atoms with Crippen LogP contribution >= 0.6 is 34.8 Å². The number of ether oxygens (including phenoxy) is 1. The lowest BCUT2D eigenvalue weighted by molar-refractivity contribution is -0.120. The molecular formula is C28H26Cl3FN4O3. The molecule has 39 heavy (non-hydrogen) atoms. The zero-order valence-corrected chi connectivity index (χ0v) is 23.7. The van der Waals surface area contributed by atoms with Crippen LogP contribution in [0.15, 0.2) is 53.7 Å². The van der Waals surface area contributed by atoms with Crippen LogP contribution in [-0.2, 0) is 16.0 Å². The Morgan fingerprint density at radius 2 is 1.87 bits per heavy atom. The fraction of sp³-hybridized carbons (Fsp3) is 0.286. The second kappa shape index (κ2) is 12.4. The Bertz CT molecular complexity index is 1420. The normalized spacial score (nSPS) is 15.0. The second-order valence-corrected chi connectivity index (χ2v) is 10.5. The maximum atomic E-state index is 14.3. The number of nitrogens with zero attached hydrogens (tertiary/aromatic N) is 3. The summed E-state index contributed by atoms with van der Waals surface area (Å²) in [5.74, 6) is -1.50. The number of benzene rings is 2. The number of ketones is 1. The summed E-state index contributed by atoms with van der Waals surface area (Å²) in [5, 5.41) is 3.49. The summed E-state index contributed by atoms with van der Waals surface area (Å²) in [7, 11) is 1.56. The molecule has 204 valence electrons. The molecule has 1 atom stereocenters. The molecule has 2 heterocycles. The van der Waals surface area contributed by atoms with Gasteiger partial charge >= 0.3 is 0 Å². The molecule has 0 aliphatic carbocycles. The largest absolute Gasteiger partial charge is 0.383 e. The van der Waals surface area contributed by atoms with Crippen LogP contribution in [0.3, 0.4) is 0 Å². The Morgan fingerprint density at radius 1 is 1.18 bits per heavy atom. The zero-order valence-electron chi connectivity index (χ0n) is 21.5. The van der Waals surface area contributed by atoms with Gasteiger partial charge in [0.25, 0.3) is 5.91 Å². The molecule has 0 saturated heterocycles. The van der Waals surface area contributed by atoms with E-state index in [-0.39, 0.29) is 39.7 Å². The standard InChI is InChI=1S/C28H26Cl3FN4O3/c1-15(2)36(8-9-39-3)27-20(13-18(32)14-33-27)28(38)35-26-23(37)10-16-6-4-5-7-19(16)25(34-26)24-21(30)11-17(29)12-22(24)31/h4-7,11-15,26H,8-10H2,1-3H3,(H,35,38). The van der Waals surface area contributed by atoms with Crippen molar-refractivity contribution in [3.05, 3.63) is 91.8 Å². The molecule has 0 fully saturated rings. The van der Waals surface area contributed by atoms with Crippen LogP contribution in [0.2, 0.25) is 15.1 Å². The molecule has 11 heteroatoms. The molecule has 2 aromatic carbocycles. The number of pyridine rings is 1. The third kappa shape index (κ3) is 6.41. The quantitative estimate of drug-likeness (QED) is 0.360. The first-order chi connectivity index (χ1) is 18.6. The smallest absolute Gasteiger partial charge is 0.257 e. The summed E-state index contributed by atoms with van der Waals surface area (Å²) in [6.45, 7) is 4.63. The van der Waals surface area contributed by atoms with Crippen molar-refractivity contribution < 1.29 is 18.7 Å². The summed E-state index contributed by atoms with van der Waals surface area (Å²) in [4.78, 5) is 37.6. The number of nitrogens with one attached hydrogen (secondary N) is 1. The van der Waals surface area contributed by atoms with E-state index in [4.69, 9.17) is 39.5 Å². The topological polar surface area (TPSA) is 83.9 Å². The minimum absolute atomic E-state index is 0.00281. The third-order valence-electron chi connectivity index (χ3n) is 6.22. The van der Waals surface area contributed by atoms with E-state index in [1.807, 2.05) is 18.7 Å². The van der Waals surface area contributed by atoms with E-state index in [0.29, 0.717) is 40.6 Å². The Hall–Kier alpha value is -3.04. The van der Waals surface area contributed by atoms with E-state index in [1.165, 1.54) is 12.1 Å². The predicted octanol–water partition coefficient (Wildman–Crippen LogP) is 5.76. The Morgan fingerprint density at radius 3 is 2.54 bits per heavy atom. The summed E-state index contributed by atoms with van der Waals surface area (Å²) in [5.41, 5.74) is 2.01. The number of rotatable bonds is 8. The highest BCUT2D eigenvalue weighted by molar-refractivity contribution is 6.43. The van der Waals surface area contributed by atoms with E-state index in [1.54, 1.807) is 31.4 Å². The van der Waals surface area contributed by atoms with Gasteiger partial charge in [-0.3, -0.25) is 14.6 Å². The van der Waals surface area contributed by atoms with Crippen LogP contribution in [0, 0.1) is 5.82 Å². The van der Waals surface area contributed by atoms with Crippen LogP contribution in [0.1, 0.15) is 40.9 Å². The molecule has 1 aliphatic rings. The predicted molar refractivity (Wildman–Crippen MR) is 152 cm³/mol. The lowest BCUT2D eigenvalue weighted by Crippen LogP contribution is -2.42. The van der Waals surface area contributed by atoms with Crippen molar-refractivity contribution in [3.63, 3.8) is 0 Å². The van der Waals surface area contributed by atoms with Crippen molar-refractivity contribution in [2.75, 3.05) is 25.2 Å². The van der Waals surface area contributed by atoms with E-state index in [0.717, 1.165) is 12.3 Å². The minimum atomic E-state index is -1.30. The van der Waals surface area contributed by atoms with Gasteiger partial charge in [-0.2, -0.15) is 0 Å². The van der Waals surface area contributed by atoms with Gasteiger partial charge in [-0.15, -0.1) is 0 Å². The van der Waals surface area contributed by atoms with Crippen molar-refractivity contribution in [3.8, 4) is 0 Å². The molecule has 0 bridgehead atoms.